The summed E-state index contributed by atoms with van der Waals surface area (Å²) >= 11 is 0. The maximum Gasteiger partial charge on any atom is 0.00218 e. The molecule has 0 radical (unpaired) electrons. The van der Waals surface area contributed by atoms with Crippen molar-refractivity contribution in [2.75, 3.05) is 19.6 Å². The molecule has 2 heteroatoms. The molecule has 78 valence electrons. The van der Waals surface area contributed by atoms with Crippen LogP contribution in [0, 0.1) is 0 Å². The van der Waals surface area contributed by atoms with Gasteiger partial charge in [0.2, 0.25) is 0 Å². The molecule has 0 amide bonds. The van der Waals surface area contributed by atoms with E-state index in [0.717, 1.165) is 0 Å². The third-order valence-corrected chi connectivity index (χ3v) is 2.76. The van der Waals surface area contributed by atoms with E-state index < -0.39 is 0 Å². The Hall–Kier alpha value is -0.0900. The first kappa shape index (κ1) is 12.0. The van der Waals surface area contributed by atoms with Crippen LogP contribution in [-0.4, -0.2) is 24.5 Å². The Morgan fingerprint density at radius 2 is 1.64 bits per heavy atom. The third-order valence-electron chi connectivity index (χ3n) is 2.76. The molecule has 1 aliphatic heterocycles. The van der Waals surface area contributed by atoms with Gasteiger partial charge in [-0.05, 0) is 37.9 Å². The molecule has 0 aliphatic carbocycles. The van der Waals surface area contributed by atoms with Crippen LogP contribution in [-0.2, 0) is 6.42 Å². The summed E-state index contributed by atoms with van der Waals surface area (Å²) in [5.74, 6) is 0. The average Bonchev–Trinajstić information content (AvgIpc) is 2.69. The molecule has 1 heterocycles. The number of likely N-dealkylation sites (tertiary alicyclic amines) is 1. The van der Waals surface area contributed by atoms with E-state index in [1.807, 2.05) is 0 Å². The van der Waals surface area contributed by atoms with Gasteiger partial charge in [-0.2, -0.15) is 0 Å². The lowest BCUT2D eigenvalue weighted by Crippen LogP contribution is -2.21. The summed E-state index contributed by atoms with van der Waals surface area (Å²) in [6, 6.07) is 10.8. The molecule has 0 atom stereocenters. The number of benzene rings is 1. The summed E-state index contributed by atoms with van der Waals surface area (Å²) < 4.78 is 0. The zero-order chi connectivity index (χ0) is 8.93. The fourth-order valence-corrected chi connectivity index (χ4v) is 1.94. The summed E-state index contributed by atoms with van der Waals surface area (Å²) in [4.78, 5) is 2.56. The average molecular weight is 303 g/mol. The Kier molecular flexibility index (Phi) is 5.48. The molecule has 1 aromatic rings. The number of hydrogen-bond donors (Lipinski definition) is 0. The zero-order valence-corrected chi connectivity index (χ0v) is 10.8. The smallest absolute Gasteiger partial charge is 0.00218 e. The van der Waals surface area contributed by atoms with Crippen LogP contribution in [0.25, 0.3) is 0 Å². The summed E-state index contributed by atoms with van der Waals surface area (Å²) in [7, 11) is 0. The SMILES string of the molecule is I.c1ccc(CCN2CCCC2)cc1. The van der Waals surface area contributed by atoms with Gasteiger partial charge >= 0.3 is 0 Å². The normalized spacial score (nSPS) is 16.6. The second kappa shape index (κ2) is 6.40. The molecule has 1 saturated heterocycles. The molecule has 0 spiro atoms. The number of halogens is 1. The zero-order valence-electron chi connectivity index (χ0n) is 8.48. The molecule has 0 bridgehead atoms. The Balaban J connectivity index is 0.000000980. The lowest BCUT2D eigenvalue weighted by molar-refractivity contribution is 0.343. The number of rotatable bonds is 3. The van der Waals surface area contributed by atoms with E-state index in [4.69, 9.17) is 0 Å². The van der Waals surface area contributed by atoms with Gasteiger partial charge in [-0.15, -0.1) is 24.0 Å². The van der Waals surface area contributed by atoms with Gasteiger partial charge in [0.1, 0.15) is 0 Å². The van der Waals surface area contributed by atoms with Gasteiger partial charge in [0.15, 0.2) is 0 Å². The van der Waals surface area contributed by atoms with Crippen molar-refractivity contribution in [2.45, 2.75) is 19.3 Å². The highest BCUT2D eigenvalue weighted by atomic mass is 127. The van der Waals surface area contributed by atoms with Gasteiger partial charge in [-0.3, -0.25) is 0 Å². The summed E-state index contributed by atoms with van der Waals surface area (Å²) in [5, 5.41) is 0. The molecular formula is C12H18IN. The largest absolute Gasteiger partial charge is 0.303 e. The van der Waals surface area contributed by atoms with E-state index >= 15 is 0 Å². The molecule has 14 heavy (non-hydrogen) atoms. The topological polar surface area (TPSA) is 3.24 Å². The van der Waals surface area contributed by atoms with E-state index in [0.29, 0.717) is 0 Å². The van der Waals surface area contributed by atoms with Crippen LogP contribution in [0.5, 0.6) is 0 Å². The Labute approximate surface area is 104 Å². The third kappa shape index (κ3) is 3.58. The molecule has 1 aliphatic rings. The van der Waals surface area contributed by atoms with Gasteiger partial charge in [-0.1, -0.05) is 30.3 Å². The number of hydrogen-bond acceptors (Lipinski definition) is 1. The first-order valence-electron chi connectivity index (χ1n) is 5.21. The van der Waals surface area contributed by atoms with Crippen molar-refractivity contribution < 1.29 is 0 Å². The van der Waals surface area contributed by atoms with Crippen LogP contribution in [0.3, 0.4) is 0 Å². The van der Waals surface area contributed by atoms with Crippen LogP contribution in [0.1, 0.15) is 18.4 Å². The lowest BCUT2D eigenvalue weighted by atomic mass is 10.1. The van der Waals surface area contributed by atoms with Gasteiger partial charge in [0.25, 0.3) is 0 Å². The monoisotopic (exact) mass is 303 g/mol. The minimum absolute atomic E-state index is 0. The molecular weight excluding hydrogens is 285 g/mol. The fourth-order valence-electron chi connectivity index (χ4n) is 1.94. The highest BCUT2D eigenvalue weighted by Gasteiger charge is 2.10. The first-order valence-corrected chi connectivity index (χ1v) is 5.21. The maximum absolute atomic E-state index is 2.56. The lowest BCUT2D eigenvalue weighted by Gasteiger charge is -2.13. The van der Waals surface area contributed by atoms with Crippen LogP contribution in [0.2, 0.25) is 0 Å². The Bertz CT molecular complexity index is 242. The van der Waals surface area contributed by atoms with Crippen LogP contribution < -0.4 is 0 Å². The molecule has 0 unspecified atom stereocenters. The molecule has 0 aromatic heterocycles. The van der Waals surface area contributed by atoms with Crippen molar-refractivity contribution in [3.8, 4) is 0 Å². The summed E-state index contributed by atoms with van der Waals surface area (Å²) in [6.45, 7) is 3.86. The second-order valence-corrected chi connectivity index (χ2v) is 3.78. The van der Waals surface area contributed by atoms with Gasteiger partial charge in [0.05, 0.1) is 0 Å². The minimum atomic E-state index is 0. The van der Waals surface area contributed by atoms with Gasteiger partial charge in [0, 0.05) is 6.54 Å². The van der Waals surface area contributed by atoms with Crippen molar-refractivity contribution in [3.05, 3.63) is 35.9 Å². The van der Waals surface area contributed by atoms with Gasteiger partial charge < -0.3 is 4.90 Å². The molecule has 1 aromatic carbocycles. The van der Waals surface area contributed by atoms with Crippen molar-refractivity contribution in [1.82, 2.24) is 4.90 Å². The molecule has 0 N–H and O–H groups in total. The summed E-state index contributed by atoms with van der Waals surface area (Å²) in [5.41, 5.74) is 1.47. The van der Waals surface area contributed by atoms with E-state index in [2.05, 4.69) is 35.2 Å². The van der Waals surface area contributed by atoms with Gasteiger partial charge in [-0.25, -0.2) is 0 Å². The van der Waals surface area contributed by atoms with Crippen molar-refractivity contribution in [1.29, 1.82) is 0 Å². The van der Waals surface area contributed by atoms with Crippen molar-refractivity contribution in [3.63, 3.8) is 0 Å². The first-order chi connectivity index (χ1) is 6.45. The minimum Gasteiger partial charge on any atom is -0.303 e. The van der Waals surface area contributed by atoms with Crippen LogP contribution >= 0.6 is 24.0 Å². The number of nitrogens with zero attached hydrogens (tertiary/aromatic N) is 1. The summed E-state index contributed by atoms with van der Waals surface area (Å²) in [6.07, 6.45) is 4.00. The van der Waals surface area contributed by atoms with Crippen molar-refractivity contribution >= 4 is 24.0 Å². The highest BCUT2D eigenvalue weighted by molar-refractivity contribution is 14.0. The fraction of sp³-hybridized carbons (Fsp3) is 0.500. The molecule has 2 rings (SSSR count). The Morgan fingerprint density at radius 1 is 1.00 bits per heavy atom. The Morgan fingerprint density at radius 3 is 2.29 bits per heavy atom. The predicted octanol–water partition coefficient (Wildman–Crippen LogP) is 2.94. The van der Waals surface area contributed by atoms with Crippen LogP contribution in [0.4, 0.5) is 0 Å². The van der Waals surface area contributed by atoms with E-state index in [1.54, 1.807) is 0 Å². The highest BCUT2D eigenvalue weighted by Crippen LogP contribution is 2.08. The standard InChI is InChI=1S/C12H17N.HI/c1-2-6-12(7-3-1)8-11-13-9-4-5-10-13;/h1-3,6-7H,4-5,8-11H2;1H. The molecule has 1 fully saturated rings. The van der Waals surface area contributed by atoms with Crippen LogP contribution in [0.15, 0.2) is 30.3 Å². The molecule has 1 nitrogen and oxygen atoms in total. The van der Waals surface area contributed by atoms with Crippen molar-refractivity contribution in [2.24, 2.45) is 0 Å². The maximum atomic E-state index is 2.56. The quantitative estimate of drug-likeness (QED) is 0.776. The second-order valence-electron chi connectivity index (χ2n) is 3.78. The van der Waals surface area contributed by atoms with E-state index in [-0.39, 0.29) is 24.0 Å². The van der Waals surface area contributed by atoms with E-state index in [9.17, 15) is 0 Å². The predicted molar refractivity (Wildman–Crippen MR) is 71.2 cm³/mol. The van der Waals surface area contributed by atoms with E-state index in [1.165, 1.54) is 44.5 Å². The molecule has 0 saturated carbocycles.